The van der Waals surface area contributed by atoms with Crippen molar-refractivity contribution in [2.24, 2.45) is 7.05 Å². The van der Waals surface area contributed by atoms with E-state index in [1.165, 1.54) is 0 Å². The quantitative estimate of drug-likeness (QED) is 0.906. The SMILES string of the molecule is Cn1cc(CNc2cnccc2Cl)cc1C#N. The number of halogens is 1. The minimum atomic E-state index is 0.612. The second-order valence-electron chi connectivity index (χ2n) is 3.67. The van der Waals surface area contributed by atoms with Crippen LogP contribution in [0.2, 0.25) is 5.02 Å². The van der Waals surface area contributed by atoms with Crippen molar-refractivity contribution in [3.05, 3.63) is 47.0 Å². The van der Waals surface area contributed by atoms with Gasteiger partial charge in [-0.25, -0.2) is 0 Å². The molecule has 0 aliphatic heterocycles. The molecule has 0 bridgehead atoms. The van der Waals surface area contributed by atoms with Crippen molar-refractivity contribution >= 4 is 17.3 Å². The highest BCUT2D eigenvalue weighted by Gasteiger charge is 2.03. The molecule has 2 rings (SSSR count). The lowest BCUT2D eigenvalue weighted by Crippen LogP contribution is -1.99. The number of nitriles is 1. The summed E-state index contributed by atoms with van der Waals surface area (Å²) in [5.41, 5.74) is 2.46. The monoisotopic (exact) mass is 246 g/mol. The summed E-state index contributed by atoms with van der Waals surface area (Å²) in [5.74, 6) is 0. The molecule has 0 aliphatic carbocycles. The number of nitrogens with zero attached hydrogens (tertiary/aromatic N) is 3. The van der Waals surface area contributed by atoms with Crippen LogP contribution in [0.4, 0.5) is 5.69 Å². The number of hydrogen-bond donors (Lipinski definition) is 1. The molecule has 0 radical (unpaired) electrons. The molecule has 0 aromatic carbocycles. The Morgan fingerprint density at radius 2 is 2.41 bits per heavy atom. The standard InChI is InChI=1S/C12H11ClN4/c1-17-8-9(4-10(17)5-14)6-16-12-7-15-3-2-11(12)13/h2-4,7-8,16H,6H2,1H3. The summed E-state index contributed by atoms with van der Waals surface area (Å²) in [6.45, 7) is 0.612. The molecular formula is C12H11ClN4. The maximum Gasteiger partial charge on any atom is 0.120 e. The first kappa shape index (κ1) is 11.5. The highest BCUT2D eigenvalue weighted by Crippen LogP contribution is 2.20. The molecule has 2 aromatic heterocycles. The van der Waals surface area contributed by atoms with Crippen molar-refractivity contribution < 1.29 is 0 Å². The van der Waals surface area contributed by atoms with Crippen LogP contribution in [-0.2, 0) is 13.6 Å². The van der Waals surface area contributed by atoms with Crippen LogP contribution in [0.15, 0.2) is 30.7 Å². The Kier molecular flexibility index (Phi) is 3.31. The summed E-state index contributed by atoms with van der Waals surface area (Å²) < 4.78 is 1.79. The van der Waals surface area contributed by atoms with E-state index in [4.69, 9.17) is 16.9 Å². The van der Waals surface area contributed by atoms with Gasteiger partial charge in [-0.3, -0.25) is 4.98 Å². The lowest BCUT2D eigenvalue weighted by molar-refractivity contribution is 0.902. The van der Waals surface area contributed by atoms with Crippen molar-refractivity contribution in [2.45, 2.75) is 6.54 Å². The zero-order valence-electron chi connectivity index (χ0n) is 9.31. The van der Waals surface area contributed by atoms with Gasteiger partial charge in [0.1, 0.15) is 11.8 Å². The third kappa shape index (κ3) is 2.58. The smallest absolute Gasteiger partial charge is 0.120 e. The molecule has 2 aromatic rings. The minimum absolute atomic E-state index is 0.612. The van der Waals surface area contributed by atoms with Crippen LogP contribution >= 0.6 is 11.6 Å². The molecule has 0 saturated heterocycles. The van der Waals surface area contributed by atoms with Crippen LogP contribution < -0.4 is 5.32 Å². The van der Waals surface area contributed by atoms with Crippen molar-refractivity contribution in [3.8, 4) is 6.07 Å². The molecule has 0 unspecified atom stereocenters. The molecule has 0 aliphatic rings. The molecule has 5 heteroatoms. The summed E-state index contributed by atoms with van der Waals surface area (Å²) in [5, 5.41) is 12.7. The van der Waals surface area contributed by atoms with Gasteiger partial charge in [0, 0.05) is 26.0 Å². The average Bonchev–Trinajstić information content (AvgIpc) is 2.69. The van der Waals surface area contributed by atoms with E-state index in [0.717, 1.165) is 11.3 Å². The van der Waals surface area contributed by atoms with Crippen molar-refractivity contribution in [3.63, 3.8) is 0 Å². The first-order valence-corrected chi connectivity index (χ1v) is 5.47. The number of rotatable bonds is 3. The molecular weight excluding hydrogens is 236 g/mol. The van der Waals surface area contributed by atoms with Gasteiger partial charge in [-0.05, 0) is 17.7 Å². The first-order valence-electron chi connectivity index (χ1n) is 5.09. The zero-order valence-corrected chi connectivity index (χ0v) is 10.1. The van der Waals surface area contributed by atoms with Gasteiger partial charge in [-0.2, -0.15) is 5.26 Å². The number of pyridine rings is 1. The zero-order chi connectivity index (χ0) is 12.3. The van der Waals surface area contributed by atoms with E-state index in [2.05, 4.69) is 16.4 Å². The van der Waals surface area contributed by atoms with Crippen LogP contribution in [0.1, 0.15) is 11.3 Å². The maximum absolute atomic E-state index is 8.84. The van der Waals surface area contributed by atoms with Crippen LogP contribution in [0.25, 0.3) is 0 Å². The Morgan fingerprint density at radius 3 is 3.06 bits per heavy atom. The van der Waals surface area contributed by atoms with Crippen LogP contribution in [0, 0.1) is 11.3 Å². The van der Waals surface area contributed by atoms with Crippen LogP contribution in [0.3, 0.4) is 0 Å². The molecule has 86 valence electrons. The normalized spacial score (nSPS) is 9.94. The van der Waals surface area contributed by atoms with Crippen molar-refractivity contribution in [2.75, 3.05) is 5.32 Å². The third-order valence-electron chi connectivity index (χ3n) is 2.43. The molecule has 1 N–H and O–H groups in total. The van der Waals surface area contributed by atoms with E-state index < -0.39 is 0 Å². The van der Waals surface area contributed by atoms with Gasteiger partial charge in [0.05, 0.1) is 16.9 Å². The van der Waals surface area contributed by atoms with E-state index in [-0.39, 0.29) is 0 Å². The average molecular weight is 247 g/mol. The molecule has 2 heterocycles. The second kappa shape index (κ2) is 4.89. The molecule has 0 saturated carbocycles. The summed E-state index contributed by atoms with van der Waals surface area (Å²) in [4.78, 5) is 3.99. The largest absolute Gasteiger partial charge is 0.378 e. The molecule has 0 amide bonds. The molecule has 17 heavy (non-hydrogen) atoms. The van der Waals surface area contributed by atoms with Crippen LogP contribution in [0.5, 0.6) is 0 Å². The maximum atomic E-state index is 8.84. The van der Waals surface area contributed by atoms with Crippen molar-refractivity contribution in [1.82, 2.24) is 9.55 Å². The Balaban J connectivity index is 2.08. The van der Waals surface area contributed by atoms with Gasteiger partial charge in [-0.1, -0.05) is 11.6 Å². The fourth-order valence-corrected chi connectivity index (χ4v) is 1.72. The van der Waals surface area contributed by atoms with Gasteiger partial charge < -0.3 is 9.88 Å². The highest BCUT2D eigenvalue weighted by atomic mass is 35.5. The molecule has 0 fully saturated rings. The van der Waals surface area contributed by atoms with E-state index >= 15 is 0 Å². The minimum Gasteiger partial charge on any atom is -0.378 e. The lowest BCUT2D eigenvalue weighted by Gasteiger charge is -2.05. The Bertz CT molecular complexity index is 568. The predicted octanol–water partition coefficient (Wildman–Crippen LogP) is 2.56. The number of aryl methyl sites for hydroxylation is 1. The summed E-state index contributed by atoms with van der Waals surface area (Å²) >= 11 is 5.99. The number of anilines is 1. The third-order valence-corrected chi connectivity index (χ3v) is 2.76. The number of nitrogens with one attached hydrogen (secondary N) is 1. The number of aromatic nitrogens is 2. The van der Waals surface area contributed by atoms with Gasteiger partial charge in [0.2, 0.25) is 0 Å². The predicted molar refractivity (Wildman–Crippen MR) is 66.7 cm³/mol. The fraction of sp³-hybridized carbons (Fsp3) is 0.167. The van der Waals surface area contributed by atoms with Gasteiger partial charge in [-0.15, -0.1) is 0 Å². The fourth-order valence-electron chi connectivity index (χ4n) is 1.55. The van der Waals surface area contributed by atoms with Gasteiger partial charge in [0.25, 0.3) is 0 Å². The second-order valence-corrected chi connectivity index (χ2v) is 4.07. The number of hydrogen-bond acceptors (Lipinski definition) is 3. The van der Waals surface area contributed by atoms with Crippen LogP contribution in [-0.4, -0.2) is 9.55 Å². The lowest BCUT2D eigenvalue weighted by atomic mass is 10.3. The first-order chi connectivity index (χ1) is 8.20. The Hall–Kier alpha value is -1.99. The van der Waals surface area contributed by atoms with E-state index in [1.807, 2.05) is 19.3 Å². The Morgan fingerprint density at radius 1 is 1.59 bits per heavy atom. The summed E-state index contributed by atoms with van der Waals surface area (Å²) in [7, 11) is 1.85. The summed E-state index contributed by atoms with van der Waals surface area (Å²) in [6, 6.07) is 5.70. The van der Waals surface area contributed by atoms with E-state index in [1.54, 1.807) is 23.0 Å². The molecule has 0 atom stereocenters. The van der Waals surface area contributed by atoms with Gasteiger partial charge in [0.15, 0.2) is 0 Å². The molecule has 0 spiro atoms. The van der Waals surface area contributed by atoms with Gasteiger partial charge >= 0.3 is 0 Å². The Labute approximate surface area is 104 Å². The van der Waals surface area contributed by atoms with E-state index in [0.29, 0.717) is 17.3 Å². The summed E-state index contributed by atoms with van der Waals surface area (Å²) in [6.07, 6.45) is 5.23. The van der Waals surface area contributed by atoms with Crippen molar-refractivity contribution in [1.29, 1.82) is 5.26 Å². The van der Waals surface area contributed by atoms with E-state index in [9.17, 15) is 0 Å². The highest BCUT2D eigenvalue weighted by molar-refractivity contribution is 6.33. The molecule has 4 nitrogen and oxygen atoms in total. The topological polar surface area (TPSA) is 53.6 Å².